The standard InChI is InChI=1S/C17H15ClN2O2/c18-13-6-8-14(9-7-13)20-16(21)10-15(17(20)22)19-11-12-4-2-1-3-5-12/h1-9,15,19H,10-11H2/t15-/m0/s1. The molecule has 0 saturated carbocycles. The highest BCUT2D eigenvalue weighted by Gasteiger charge is 2.39. The molecule has 112 valence electrons. The largest absolute Gasteiger partial charge is 0.301 e. The van der Waals surface area contributed by atoms with Crippen molar-refractivity contribution < 1.29 is 9.59 Å². The highest BCUT2D eigenvalue weighted by Crippen LogP contribution is 2.24. The fourth-order valence-corrected chi connectivity index (χ4v) is 2.62. The molecule has 1 heterocycles. The van der Waals surface area contributed by atoms with Gasteiger partial charge >= 0.3 is 0 Å². The molecule has 1 saturated heterocycles. The third kappa shape index (κ3) is 3.03. The number of amides is 2. The van der Waals surface area contributed by atoms with Crippen molar-refractivity contribution >= 4 is 29.1 Å². The van der Waals surface area contributed by atoms with Crippen molar-refractivity contribution in [3.05, 3.63) is 65.2 Å². The molecule has 4 nitrogen and oxygen atoms in total. The van der Waals surface area contributed by atoms with Crippen molar-refractivity contribution in [3.63, 3.8) is 0 Å². The van der Waals surface area contributed by atoms with Gasteiger partial charge in [0.25, 0.3) is 5.91 Å². The Morgan fingerprint density at radius 1 is 1.05 bits per heavy atom. The molecular weight excluding hydrogens is 300 g/mol. The Hall–Kier alpha value is -2.17. The van der Waals surface area contributed by atoms with E-state index in [2.05, 4.69) is 5.32 Å². The van der Waals surface area contributed by atoms with Gasteiger partial charge in [0.2, 0.25) is 5.91 Å². The predicted molar refractivity (Wildman–Crippen MR) is 85.6 cm³/mol. The zero-order chi connectivity index (χ0) is 15.5. The van der Waals surface area contributed by atoms with E-state index < -0.39 is 6.04 Å². The van der Waals surface area contributed by atoms with Gasteiger partial charge in [0, 0.05) is 11.6 Å². The lowest BCUT2D eigenvalue weighted by Gasteiger charge is -2.15. The summed E-state index contributed by atoms with van der Waals surface area (Å²) in [6, 6.07) is 16.0. The Bertz CT molecular complexity index is 686. The Balaban J connectivity index is 1.70. The van der Waals surface area contributed by atoms with Gasteiger partial charge in [-0.2, -0.15) is 0 Å². The van der Waals surface area contributed by atoms with Crippen molar-refractivity contribution in [1.82, 2.24) is 5.32 Å². The van der Waals surface area contributed by atoms with Crippen molar-refractivity contribution in [3.8, 4) is 0 Å². The van der Waals surface area contributed by atoms with E-state index >= 15 is 0 Å². The minimum Gasteiger partial charge on any atom is -0.301 e. The average molecular weight is 315 g/mol. The summed E-state index contributed by atoms with van der Waals surface area (Å²) < 4.78 is 0. The molecular formula is C17H15ClN2O2. The number of nitrogens with zero attached hydrogens (tertiary/aromatic N) is 1. The third-order valence-electron chi connectivity index (χ3n) is 3.63. The lowest BCUT2D eigenvalue weighted by molar-refractivity contribution is -0.121. The summed E-state index contributed by atoms with van der Waals surface area (Å²) in [6.07, 6.45) is 0.175. The van der Waals surface area contributed by atoms with E-state index in [1.807, 2.05) is 30.3 Å². The quantitative estimate of drug-likeness (QED) is 0.883. The monoisotopic (exact) mass is 314 g/mol. The van der Waals surface area contributed by atoms with E-state index in [1.165, 1.54) is 4.90 Å². The van der Waals surface area contributed by atoms with Crippen LogP contribution in [0.15, 0.2) is 54.6 Å². The molecule has 2 aromatic rings. The molecule has 0 bridgehead atoms. The molecule has 1 aliphatic rings. The lowest BCUT2D eigenvalue weighted by atomic mass is 10.2. The first-order valence-electron chi connectivity index (χ1n) is 7.05. The SMILES string of the molecule is O=C1C[C@H](NCc2ccccc2)C(=O)N1c1ccc(Cl)cc1. The van der Waals surface area contributed by atoms with E-state index in [1.54, 1.807) is 24.3 Å². The van der Waals surface area contributed by atoms with Crippen molar-refractivity contribution in [2.75, 3.05) is 4.90 Å². The molecule has 22 heavy (non-hydrogen) atoms. The van der Waals surface area contributed by atoms with Crippen LogP contribution >= 0.6 is 11.6 Å². The van der Waals surface area contributed by atoms with Crippen LogP contribution in [0, 0.1) is 0 Å². The van der Waals surface area contributed by atoms with E-state index in [0.717, 1.165) is 5.56 Å². The molecule has 1 atom stereocenters. The summed E-state index contributed by atoms with van der Waals surface area (Å²) in [5.74, 6) is -0.416. The number of rotatable bonds is 4. The van der Waals surface area contributed by atoms with Crippen LogP contribution in [-0.4, -0.2) is 17.9 Å². The number of carbonyl (C=O) groups is 2. The Labute approximate surface area is 133 Å². The fourth-order valence-electron chi connectivity index (χ4n) is 2.49. The van der Waals surface area contributed by atoms with Crippen molar-refractivity contribution in [2.24, 2.45) is 0 Å². The summed E-state index contributed by atoms with van der Waals surface area (Å²) >= 11 is 5.84. The third-order valence-corrected chi connectivity index (χ3v) is 3.88. The first kappa shape index (κ1) is 14.8. The van der Waals surface area contributed by atoms with Crippen LogP contribution in [0.5, 0.6) is 0 Å². The number of benzene rings is 2. The maximum absolute atomic E-state index is 12.4. The summed E-state index contributed by atoms with van der Waals surface area (Å²) in [4.78, 5) is 25.8. The second kappa shape index (κ2) is 6.30. The lowest BCUT2D eigenvalue weighted by Crippen LogP contribution is -2.38. The van der Waals surface area contributed by atoms with Crippen LogP contribution in [0.2, 0.25) is 5.02 Å². The normalized spacial score (nSPS) is 18.0. The number of halogens is 1. The Morgan fingerprint density at radius 2 is 1.73 bits per heavy atom. The minimum atomic E-state index is -0.483. The molecule has 0 spiro atoms. The molecule has 2 amide bonds. The van der Waals surface area contributed by atoms with E-state index in [-0.39, 0.29) is 18.2 Å². The van der Waals surface area contributed by atoms with Crippen LogP contribution < -0.4 is 10.2 Å². The van der Waals surface area contributed by atoms with Gasteiger partial charge < -0.3 is 5.32 Å². The average Bonchev–Trinajstić information content (AvgIpc) is 2.82. The van der Waals surface area contributed by atoms with Crippen molar-refractivity contribution in [2.45, 2.75) is 19.0 Å². The zero-order valence-electron chi connectivity index (χ0n) is 11.8. The van der Waals surface area contributed by atoms with Gasteiger partial charge in [0.15, 0.2) is 0 Å². The van der Waals surface area contributed by atoms with Gasteiger partial charge in [0.05, 0.1) is 18.2 Å². The van der Waals surface area contributed by atoms with Gasteiger partial charge in [-0.25, -0.2) is 4.90 Å². The van der Waals surface area contributed by atoms with Gasteiger partial charge in [-0.3, -0.25) is 9.59 Å². The first-order chi connectivity index (χ1) is 10.6. The molecule has 1 N–H and O–H groups in total. The van der Waals surface area contributed by atoms with Gasteiger partial charge in [0.1, 0.15) is 0 Å². The smallest absolute Gasteiger partial charge is 0.251 e. The molecule has 0 radical (unpaired) electrons. The van der Waals surface area contributed by atoms with Crippen LogP contribution in [0.3, 0.4) is 0 Å². The van der Waals surface area contributed by atoms with Crippen LogP contribution in [0.25, 0.3) is 0 Å². The van der Waals surface area contributed by atoms with E-state index in [0.29, 0.717) is 17.3 Å². The Morgan fingerprint density at radius 3 is 2.41 bits per heavy atom. The first-order valence-corrected chi connectivity index (χ1v) is 7.42. The molecule has 0 unspecified atom stereocenters. The highest BCUT2D eigenvalue weighted by atomic mass is 35.5. The number of hydrogen-bond donors (Lipinski definition) is 1. The van der Waals surface area contributed by atoms with Gasteiger partial charge in [-0.05, 0) is 29.8 Å². The van der Waals surface area contributed by atoms with Crippen molar-refractivity contribution in [1.29, 1.82) is 0 Å². The highest BCUT2D eigenvalue weighted by molar-refractivity contribution is 6.30. The summed E-state index contributed by atoms with van der Waals surface area (Å²) in [5.41, 5.74) is 1.64. The number of hydrogen-bond acceptors (Lipinski definition) is 3. The molecule has 0 aliphatic carbocycles. The minimum absolute atomic E-state index is 0.175. The maximum atomic E-state index is 12.4. The number of imide groups is 1. The summed E-state index contributed by atoms with van der Waals surface area (Å²) in [5, 5.41) is 3.72. The molecule has 1 fully saturated rings. The van der Waals surface area contributed by atoms with E-state index in [9.17, 15) is 9.59 Å². The van der Waals surface area contributed by atoms with Crippen LogP contribution in [-0.2, 0) is 16.1 Å². The van der Waals surface area contributed by atoms with Gasteiger partial charge in [-0.1, -0.05) is 41.9 Å². The predicted octanol–water partition coefficient (Wildman–Crippen LogP) is 2.76. The second-order valence-electron chi connectivity index (χ2n) is 5.17. The molecule has 0 aromatic heterocycles. The molecule has 1 aliphatic heterocycles. The van der Waals surface area contributed by atoms with Gasteiger partial charge in [-0.15, -0.1) is 0 Å². The Kier molecular flexibility index (Phi) is 4.22. The second-order valence-corrected chi connectivity index (χ2v) is 5.60. The number of anilines is 1. The number of carbonyl (C=O) groups excluding carboxylic acids is 2. The molecule has 3 rings (SSSR count). The van der Waals surface area contributed by atoms with E-state index in [4.69, 9.17) is 11.6 Å². The zero-order valence-corrected chi connectivity index (χ0v) is 12.6. The number of nitrogens with one attached hydrogen (secondary N) is 1. The summed E-state index contributed by atoms with van der Waals surface area (Å²) in [7, 11) is 0. The topological polar surface area (TPSA) is 49.4 Å². The van der Waals surface area contributed by atoms with Crippen LogP contribution in [0.1, 0.15) is 12.0 Å². The fraction of sp³-hybridized carbons (Fsp3) is 0.176. The van der Waals surface area contributed by atoms with Crippen LogP contribution in [0.4, 0.5) is 5.69 Å². The molecule has 2 aromatic carbocycles. The molecule has 5 heteroatoms. The summed E-state index contributed by atoms with van der Waals surface area (Å²) in [6.45, 7) is 0.555. The maximum Gasteiger partial charge on any atom is 0.251 e.